The Balaban J connectivity index is 0.00000264. The molecule has 7 heteroatoms. The highest BCUT2D eigenvalue weighted by molar-refractivity contribution is 14.0. The number of morpholine rings is 1. The van der Waals surface area contributed by atoms with Crippen molar-refractivity contribution < 1.29 is 9.13 Å². The summed E-state index contributed by atoms with van der Waals surface area (Å²) in [6.45, 7) is 6.39. The number of nitrogens with one attached hydrogen (secondary N) is 2. The Bertz CT molecular complexity index is 501. The Morgan fingerprint density at radius 3 is 2.87 bits per heavy atom. The maximum atomic E-state index is 13.6. The molecule has 1 atom stereocenters. The van der Waals surface area contributed by atoms with E-state index in [-0.39, 0.29) is 35.9 Å². The number of benzene rings is 1. The first-order valence-electron chi connectivity index (χ1n) is 7.74. The van der Waals surface area contributed by atoms with Gasteiger partial charge in [-0.3, -0.25) is 0 Å². The smallest absolute Gasteiger partial charge is 0.191 e. The van der Waals surface area contributed by atoms with Crippen LogP contribution < -0.4 is 10.6 Å². The van der Waals surface area contributed by atoms with E-state index in [0.29, 0.717) is 24.6 Å². The van der Waals surface area contributed by atoms with Crippen LogP contribution in [0.4, 0.5) is 4.39 Å². The summed E-state index contributed by atoms with van der Waals surface area (Å²) >= 11 is 0. The van der Waals surface area contributed by atoms with Crippen LogP contribution in [-0.2, 0) is 11.3 Å². The molecule has 1 aliphatic rings. The van der Waals surface area contributed by atoms with Gasteiger partial charge in [0.15, 0.2) is 5.96 Å². The lowest BCUT2D eigenvalue weighted by Gasteiger charge is -2.30. The zero-order chi connectivity index (χ0) is 15.8. The highest BCUT2D eigenvalue weighted by Crippen LogP contribution is 2.07. The predicted octanol–water partition coefficient (Wildman–Crippen LogP) is 1.83. The van der Waals surface area contributed by atoms with Crippen LogP contribution in [0.25, 0.3) is 0 Å². The minimum absolute atomic E-state index is 0. The summed E-state index contributed by atoms with van der Waals surface area (Å²) in [5.41, 5.74) is 0.591. The number of guanidine groups is 1. The van der Waals surface area contributed by atoms with Crippen molar-refractivity contribution in [1.82, 2.24) is 15.5 Å². The summed E-state index contributed by atoms with van der Waals surface area (Å²) in [6.07, 6.45) is 0.149. The molecule has 1 fully saturated rings. The average molecular weight is 436 g/mol. The van der Waals surface area contributed by atoms with Gasteiger partial charge in [-0.05, 0) is 20.0 Å². The Morgan fingerprint density at radius 2 is 2.17 bits per heavy atom. The normalized spacial score (nSPS) is 19.1. The monoisotopic (exact) mass is 436 g/mol. The standard InChI is InChI=1S/C16H25FN4O.HI/c1-3-18-16(19-10-13-6-4-5-7-15(13)17)20-11-14-12-21(2)8-9-22-14;/h4-7,14H,3,8-12H2,1-2H3,(H2,18,19,20);1H. The van der Waals surface area contributed by atoms with Crippen LogP contribution in [0.5, 0.6) is 0 Å². The van der Waals surface area contributed by atoms with Gasteiger partial charge in [0.05, 0.1) is 19.3 Å². The minimum atomic E-state index is -0.223. The quantitative estimate of drug-likeness (QED) is 0.420. The second kappa shape index (κ2) is 10.8. The third-order valence-corrected chi connectivity index (χ3v) is 3.55. The second-order valence-corrected chi connectivity index (χ2v) is 5.42. The fraction of sp³-hybridized carbons (Fsp3) is 0.562. The largest absolute Gasteiger partial charge is 0.374 e. The van der Waals surface area contributed by atoms with E-state index in [1.165, 1.54) is 6.07 Å². The number of likely N-dealkylation sites (N-methyl/N-ethyl adjacent to an activating group) is 1. The molecule has 1 unspecified atom stereocenters. The lowest BCUT2D eigenvalue weighted by atomic mass is 10.2. The van der Waals surface area contributed by atoms with Gasteiger partial charge in [0, 0.05) is 31.7 Å². The number of hydrogen-bond donors (Lipinski definition) is 2. The van der Waals surface area contributed by atoms with Crippen molar-refractivity contribution in [3.05, 3.63) is 35.6 Å². The second-order valence-electron chi connectivity index (χ2n) is 5.42. The summed E-state index contributed by atoms with van der Waals surface area (Å²) in [7, 11) is 2.09. The maximum absolute atomic E-state index is 13.6. The predicted molar refractivity (Wildman–Crippen MR) is 102 cm³/mol. The zero-order valence-electron chi connectivity index (χ0n) is 13.7. The summed E-state index contributed by atoms with van der Waals surface area (Å²) < 4.78 is 19.3. The molecule has 130 valence electrons. The van der Waals surface area contributed by atoms with Crippen LogP contribution in [0.1, 0.15) is 12.5 Å². The van der Waals surface area contributed by atoms with Crippen molar-refractivity contribution in [3.8, 4) is 0 Å². The third-order valence-electron chi connectivity index (χ3n) is 3.55. The molecule has 23 heavy (non-hydrogen) atoms. The van der Waals surface area contributed by atoms with Gasteiger partial charge in [-0.2, -0.15) is 0 Å². The van der Waals surface area contributed by atoms with Crippen molar-refractivity contribution in [1.29, 1.82) is 0 Å². The fourth-order valence-electron chi connectivity index (χ4n) is 2.33. The van der Waals surface area contributed by atoms with E-state index < -0.39 is 0 Å². The van der Waals surface area contributed by atoms with Crippen molar-refractivity contribution in [2.75, 3.05) is 39.8 Å². The van der Waals surface area contributed by atoms with Crippen LogP contribution in [0.3, 0.4) is 0 Å². The molecule has 5 nitrogen and oxygen atoms in total. The van der Waals surface area contributed by atoms with E-state index in [1.54, 1.807) is 12.1 Å². The van der Waals surface area contributed by atoms with Gasteiger partial charge < -0.3 is 20.3 Å². The van der Waals surface area contributed by atoms with E-state index in [9.17, 15) is 4.39 Å². The molecule has 0 radical (unpaired) electrons. The van der Waals surface area contributed by atoms with Crippen LogP contribution >= 0.6 is 24.0 Å². The molecule has 0 aromatic heterocycles. The van der Waals surface area contributed by atoms with Crippen molar-refractivity contribution in [2.24, 2.45) is 4.99 Å². The number of aliphatic imine (C=N–C) groups is 1. The molecule has 1 aromatic rings. The van der Waals surface area contributed by atoms with Gasteiger partial charge in [-0.1, -0.05) is 18.2 Å². The molecule has 0 aliphatic carbocycles. The molecule has 0 bridgehead atoms. The summed E-state index contributed by atoms with van der Waals surface area (Å²) in [5, 5.41) is 6.44. The van der Waals surface area contributed by atoms with Gasteiger partial charge in [0.25, 0.3) is 0 Å². The molecule has 0 spiro atoms. The molecule has 1 saturated heterocycles. The lowest BCUT2D eigenvalue weighted by molar-refractivity contribution is -0.0161. The Kier molecular flexibility index (Phi) is 9.42. The van der Waals surface area contributed by atoms with E-state index in [1.807, 2.05) is 13.0 Å². The number of rotatable bonds is 5. The zero-order valence-corrected chi connectivity index (χ0v) is 16.0. The van der Waals surface area contributed by atoms with Gasteiger partial charge in [-0.25, -0.2) is 9.38 Å². The van der Waals surface area contributed by atoms with Gasteiger partial charge >= 0.3 is 0 Å². The topological polar surface area (TPSA) is 48.9 Å². The van der Waals surface area contributed by atoms with Crippen LogP contribution in [0.15, 0.2) is 29.3 Å². The Labute approximate surface area is 154 Å². The van der Waals surface area contributed by atoms with E-state index in [4.69, 9.17) is 4.74 Å². The molecule has 1 aromatic carbocycles. The van der Waals surface area contributed by atoms with Crippen LogP contribution in [-0.4, -0.2) is 56.8 Å². The molecule has 1 aliphatic heterocycles. The Morgan fingerprint density at radius 1 is 1.39 bits per heavy atom. The highest BCUT2D eigenvalue weighted by atomic mass is 127. The average Bonchev–Trinajstić information content (AvgIpc) is 2.51. The van der Waals surface area contributed by atoms with E-state index >= 15 is 0 Å². The highest BCUT2D eigenvalue weighted by Gasteiger charge is 2.17. The van der Waals surface area contributed by atoms with Crippen molar-refractivity contribution >= 4 is 29.9 Å². The lowest BCUT2D eigenvalue weighted by Crippen LogP contribution is -2.48. The summed E-state index contributed by atoms with van der Waals surface area (Å²) in [6, 6.07) is 6.71. The first kappa shape index (κ1) is 20.1. The van der Waals surface area contributed by atoms with Gasteiger partial charge in [0.1, 0.15) is 5.82 Å². The molecule has 1 heterocycles. The third kappa shape index (κ3) is 7.01. The first-order valence-corrected chi connectivity index (χ1v) is 7.74. The van der Waals surface area contributed by atoms with Crippen LogP contribution in [0.2, 0.25) is 0 Å². The maximum Gasteiger partial charge on any atom is 0.191 e. The molecule has 0 amide bonds. The SMILES string of the molecule is CCNC(=NCc1ccccc1F)NCC1CN(C)CCO1.I. The summed E-state index contributed by atoms with van der Waals surface area (Å²) in [4.78, 5) is 6.68. The molecule has 2 N–H and O–H groups in total. The molecule has 2 rings (SSSR count). The van der Waals surface area contributed by atoms with E-state index in [0.717, 1.165) is 26.2 Å². The van der Waals surface area contributed by atoms with Gasteiger partial charge in [-0.15, -0.1) is 24.0 Å². The first-order chi connectivity index (χ1) is 10.7. The fourth-order valence-corrected chi connectivity index (χ4v) is 2.33. The van der Waals surface area contributed by atoms with E-state index in [2.05, 4.69) is 27.6 Å². The van der Waals surface area contributed by atoms with Crippen molar-refractivity contribution in [2.45, 2.75) is 19.6 Å². The number of hydrogen-bond acceptors (Lipinski definition) is 3. The molecular weight excluding hydrogens is 410 g/mol. The number of nitrogens with zero attached hydrogens (tertiary/aromatic N) is 2. The number of halogens is 2. The molecular formula is C16H26FIN4O. The van der Waals surface area contributed by atoms with Crippen molar-refractivity contribution in [3.63, 3.8) is 0 Å². The number of ether oxygens (including phenoxy) is 1. The Hall–Kier alpha value is -0.930. The van der Waals surface area contributed by atoms with Crippen LogP contribution in [0, 0.1) is 5.82 Å². The van der Waals surface area contributed by atoms with Gasteiger partial charge in [0.2, 0.25) is 0 Å². The molecule has 0 saturated carbocycles. The minimum Gasteiger partial charge on any atom is -0.374 e. The summed E-state index contributed by atoms with van der Waals surface area (Å²) in [5.74, 6) is 0.460.